The largest absolute Gasteiger partial charge is 0.493 e. The third-order valence-corrected chi connectivity index (χ3v) is 7.37. The second-order valence-electron chi connectivity index (χ2n) is 10.7. The molecule has 0 N–H and O–H groups in total. The second kappa shape index (κ2) is 10.4. The van der Waals surface area contributed by atoms with Gasteiger partial charge < -0.3 is 19.1 Å². The molecule has 1 amide bonds. The Balaban J connectivity index is 1.32. The van der Waals surface area contributed by atoms with Crippen molar-refractivity contribution in [3.05, 3.63) is 41.6 Å². The number of nitrogens with zero attached hydrogens (tertiary/aromatic N) is 7. The molecule has 5 rings (SSSR count). The fourth-order valence-corrected chi connectivity index (χ4v) is 5.44. The molecule has 2 atom stereocenters. The van der Waals surface area contributed by atoms with Crippen LogP contribution in [0.2, 0.25) is 0 Å². The minimum Gasteiger partial charge on any atom is -0.493 e. The average molecular weight is 542 g/mol. The first kappa shape index (κ1) is 26.7. The Morgan fingerprint density at radius 2 is 2.03 bits per heavy atom. The minimum absolute atomic E-state index is 0.00361. The number of halogens is 3. The lowest BCUT2D eigenvalue weighted by atomic mass is 9.85. The molecule has 39 heavy (non-hydrogen) atoms. The van der Waals surface area contributed by atoms with Crippen LogP contribution in [0.15, 0.2) is 24.4 Å². The summed E-state index contributed by atoms with van der Waals surface area (Å²) in [4.78, 5) is 21.7. The molecule has 2 aliphatic heterocycles. The van der Waals surface area contributed by atoms with Crippen LogP contribution in [0.3, 0.4) is 0 Å². The van der Waals surface area contributed by atoms with Gasteiger partial charge in [-0.25, -0.2) is 0 Å². The molecule has 2 aliphatic rings. The Labute approximate surface area is 224 Å². The van der Waals surface area contributed by atoms with Crippen molar-refractivity contribution in [2.75, 3.05) is 31.1 Å². The Kier molecular flexibility index (Phi) is 7.09. The minimum atomic E-state index is -4.58. The molecule has 4 heterocycles. The van der Waals surface area contributed by atoms with Gasteiger partial charge in [-0.1, -0.05) is 20.8 Å². The van der Waals surface area contributed by atoms with Crippen molar-refractivity contribution in [2.45, 2.75) is 46.5 Å². The Hall–Kier alpha value is -3.88. The maximum atomic E-state index is 13.5. The lowest BCUT2D eigenvalue weighted by Crippen LogP contribution is -2.49. The summed E-state index contributed by atoms with van der Waals surface area (Å²) in [5, 5.41) is 17.7. The number of anilines is 1. The molecule has 1 fully saturated rings. The normalized spacial score (nSPS) is 19.7. The third kappa shape index (κ3) is 5.22. The van der Waals surface area contributed by atoms with Gasteiger partial charge in [-0.2, -0.15) is 18.4 Å². The summed E-state index contributed by atoms with van der Waals surface area (Å²) >= 11 is 0. The van der Waals surface area contributed by atoms with Crippen molar-refractivity contribution in [1.29, 1.82) is 5.26 Å². The van der Waals surface area contributed by atoms with E-state index in [0.29, 0.717) is 37.6 Å². The predicted octanol–water partition coefficient (Wildman–Crippen LogP) is 4.26. The van der Waals surface area contributed by atoms with Crippen molar-refractivity contribution < 1.29 is 22.7 Å². The number of nitriles is 1. The monoisotopic (exact) mass is 541 g/mol. The molecule has 1 aromatic carbocycles. The molecule has 9 nitrogen and oxygen atoms in total. The van der Waals surface area contributed by atoms with Gasteiger partial charge in [0.15, 0.2) is 5.82 Å². The van der Waals surface area contributed by atoms with E-state index in [1.165, 1.54) is 0 Å². The molecular weight excluding hydrogens is 511 g/mol. The molecule has 1 saturated heterocycles. The first-order valence-electron chi connectivity index (χ1n) is 13.1. The number of alkyl halides is 3. The van der Waals surface area contributed by atoms with Crippen LogP contribution < -0.4 is 9.64 Å². The number of benzene rings is 1. The maximum Gasteiger partial charge on any atom is 0.451 e. The van der Waals surface area contributed by atoms with Crippen LogP contribution in [0.1, 0.15) is 44.4 Å². The zero-order valence-electron chi connectivity index (χ0n) is 22.1. The number of pyridine rings is 1. The van der Waals surface area contributed by atoms with E-state index >= 15 is 0 Å². The Bertz CT molecular complexity index is 1430. The molecule has 0 saturated carbocycles. The summed E-state index contributed by atoms with van der Waals surface area (Å²) in [5.41, 5.74) is 1.99. The van der Waals surface area contributed by atoms with Gasteiger partial charge in [-0.05, 0) is 30.4 Å². The summed E-state index contributed by atoms with van der Waals surface area (Å²) in [5.74, 6) is -0.189. The van der Waals surface area contributed by atoms with Crippen LogP contribution in [-0.4, -0.2) is 56.8 Å². The first-order chi connectivity index (χ1) is 18.6. The highest BCUT2D eigenvalue weighted by Gasteiger charge is 2.41. The van der Waals surface area contributed by atoms with Gasteiger partial charge in [0.05, 0.1) is 29.9 Å². The summed E-state index contributed by atoms with van der Waals surface area (Å²) < 4.78 is 46.4. The summed E-state index contributed by atoms with van der Waals surface area (Å²) in [6, 6.07) is 7.94. The van der Waals surface area contributed by atoms with Gasteiger partial charge >= 0.3 is 6.18 Å². The number of piperidine rings is 1. The van der Waals surface area contributed by atoms with Crippen molar-refractivity contribution in [1.82, 2.24) is 24.6 Å². The number of ether oxygens (including phenoxy) is 1. The van der Waals surface area contributed by atoms with Crippen LogP contribution in [-0.2, 0) is 24.1 Å². The lowest BCUT2D eigenvalue weighted by molar-refractivity contribution is -0.148. The topological polar surface area (TPSA) is 100 Å². The number of aromatic nitrogens is 4. The van der Waals surface area contributed by atoms with E-state index in [-0.39, 0.29) is 43.2 Å². The zero-order valence-corrected chi connectivity index (χ0v) is 22.1. The van der Waals surface area contributed by atoms with Crippen molar-refractivity contribution in [3.8, 4) is 11.8 Å². The van der Waals surface area contributed by atoms with Crippen LogP contribution in [0.4, 0.5) is 18.9 Å². The van der Waals surface area contributed by atoms with E-state index in [0.717, 1.165) is 26.9 Å². The van der Waals surface area contributed by atoms with E-state index < -0.39 is 12.0 Å². The number of fused-ring (bicyclic) bond motifs is 2. The van der Waals surface area contributed by atoms with Crippen LogP contribution >= 0.6 is 0 Å². The molecule has 2 aromatic heterocycles. The number of amides is 1. The van der Waals surface area contributed by atoms with E-state index in [2.05, 4.69) is 40.0 Å². The highest BCUT2D eigenvalue weighted by atomic mass is 19.4. The molecule has 12 heteroatoms. The van der Waals surface area contributed by atoms with Crippen molar-refractivity contribution in [3.63, 3.8) is 0 Å². The van der Waals surface area contributed by atoms with Crippen LogP contribution in [0.5, 0.6) is 5.75 Å². The van der Waals surface area contributed by atoms with Gasteiger partial charge in [-0.15, -0.1) is 10.2 Å². The number of hydrogen-bond donors (Lipinski definition) is 0. The first-order valence-corrected chi connectivity index (χ1v) is 13.1. The fraction of sp³-hybridized carbons (Fsp3) is 0.519. The molecule has 206 valence electrons. The van der Waals surface area contributed by atoms with Gasteiger partial charge in [0.25, 0.3) is 0 Å². The number of rotatable bonds is 5. The molecular formula is C27H30F3N7O2. The highest BCUT2D eigenvalue weighted by Crippen LogP contribution is 2.37. The van der Waals surface area contributed by atoms with Crippen molar-refractivity contribution in [2.24, 2.45) is 17.8 Å². The standard InChI is InChI=1S/C27H30F3N7O2/c1-16(2)15-39-19-4-5-21-22(10-19)32-12-18(11-31)24(21)35-7-6-20(17(3)13-35)25(38)36-8-9-37-23(14-36)33-34-26(37)27(28,29)30/h4-5,10,12,16-17,20H,6-9,13-15H2,1-3H3/t17-,20+/m1/s1. The lowest BCUT2D eigenvalue weighted by Gasteiger charge is -2.40. The number of carbonyl (C=O) groups excluding carboxylic acids is 1. The fourth-order valence-electron chi connectivity index (χ4n) is 5.44. The Morgan fingerprint density at radius 3 is 2.72 bits per heavy atom. The molecule has 0 radical (unpaired) electrons. The van der Waals surface area contributed by atoms with Gasteiger partial charge in [0, 0.05) is 49.7 Å². The van der Waals surface area contributed by atoms with Gasteiger partial charge in [0.1, 0.15) is 11.8 Å². The number of carbonyl (C=O) groups is 1. The molecule has 0 aliphatic carbocycles. The molecule has 0 spiro atoms. The second-order valence-corrected chi connectivity index (χ2v) is 10.7. The zero-order chi connectivity index (χ0) is 27.9. The van der Waals surface area contributed by atoms with Crippen molar-refractivity contribution >= 4 is 22.5 Å². The van der Waals surface area contributed by atoms with E-state index in [1.54, 1.807) is 11.1 Å². The van der Waals surface area contributed by atoms with E-state index in [9.17, 15) is 23.2 Å². The van der Waals surface area contributed by atoms with Gasteiger partial charge in [-0.3, -0.25) is 9.78 Å². The van der Waals surface area contributed by atoms with Gasteiger partial charge in [0.2, 0.25) is 11.7 Å². The van der Waals surface area contributed by atoms with E-state index in [1.807, 2.05) is 25.1 Å². The summed E-state index contributed by atoms with van der Waals surface area (Å²) in [6.45, 7) is 8.04. The molecule has 0 unspecified atom stereocenters. The predicted molar refractivity (Wildman–Crippen MR) is 137 cm³/mol. The Morgan fingerprint density at radius 1 is 1.23 bits per heavy atom. The maximum absolute atomic E-state index is 13.5. The summed E-state index contributed by atoms with van der Waals surface area (Å²) in [6.07, 6.45) is -2.45. The van der Waals surface area contributed by atoms with Crippen LogP contribution in [0.25, 0.3) is 10.9 Å². The third-order valence-electron chi connectivity index (χ3n) is 7.37. The summed E-state index contributed by atoms with van der Waals surface area (Å²) in [7, 11) is 0. The quantitative estimate of drug-likeness (QED) is 0.476. The molecule has 0 bridgehead atoms. The molecule has 3 aromatic rings. The van der Waals surface area contributed by atoms with E-state index in [4.69, 9.17) is 4.74 Å². The number of hydrogen-bond acceptors (Lipinski definition) is 7. The smallest absolute Gasteiger partial charge is 0.451 e. The highest BCUT2D eigenvalue weighted by molar-refractivity contribution is 5.95. The average Bonchev–Trinajstić information content (AvgIpc) is 3.35. The van der Waals surface area contributed by atoms with Crippen LogP contribution in [0, 0.1) is 29.1 Å². The SMILES string of the molecule is CC(C)COc1ccc2c(N3CC[C@H](C(=O)N4CCn5c(nnc5C(F)(F)F)C4)[C@H](C)C3)c(C#N)cnc2c1.